The Labute approximate surface area is 152 Å². The molecule has 4 rings (SSSR count). The number of esters is 1. The van der Waals surface area contributed by atoms with Gasteiger partial charge in [-0.25, -0.2) is 0 Å². The van der Waals surface area contributed by atoms with E-state index < -0.39 is 17.4 Å². The molecule has 0 aromatic heterocycles. The Morgan fingerprint density at radius 2 is 2.12 bits per heavy atom. The van der Waals surface area contributed by atoms with Gasteiger partial charge in [-0.15, -0.1) is 0 Å². The number of carbonyl (C=O) groups is 2. The molecule has 1 spiro atoms. The molecule has 6 nitrogen and oxygen atoms in total. The SMILES string of the molecule is CCOC(=O)[C@H]1[C@H]2C(=O)N([C@H](C)c3ccc(OC)cc3)C[C@@]23C=C[C@H]1O3. The van der Waals surface area contributed by atoms with Crippen LogP contribution in [0.2, 0.25) is 0 Å². The average molecular weight is 357 g/mol. The number of methoxy groups -OCH3 is 1. The maximum atomic E-state index is 13.2. The first-order chi connectivity index (χ1) is 12.5. The van der Waals surface area contributed by atoms with Crippen molar-refractivity contribution in [2.24, 2.45) is 11.8 Å². The molecule has 6 heteroatoms. The third kappa shape index (κ3) is 2.35. The van der Waals surface area contributed by atoms with Crippen LogP contribution in [0.4, 0.5) is 0 Å². The van der Waals surface area contributed by atoms with Crippen LogP contribution in [0.25, 0.3) is 0 Å². The summed E-state index contributed by atoms with van der Waals surface area (Å²) in [5.41, 5.74) is 0.307. The van der Waals surface area contributed by atoms with Crippen LogP contribution >= 0.6 is 0 Å². The largest absolute Gasteiger partial charge is 0.497 e. The van der Waals surface area contributed by atoms with Gasteiger partial charge in [-0.05, 0) is 31.5 Å². The summed E-state index contributed by atoms with van der Waals surface area (Å²) < 4.78 is 16.5. The lowest BCUT2D eigenvalue weighted by atomic mass is 9.77. The van der Waals surface area contributed by atoms with Gasteiger partial charge in [0, 0.05) is 0 Å². The third-order valence-corrected chi connectivity index (χ3v) is 5.75. The highest BCUT2D eigenvalue weighted by molar-refractivity contribution is 5.91. The third-order valence-electron chi connectivity index (χ3n) is 5.75. The summed E-state index contributed by atoms with van der Waals surface area (Å²) in [4.78, 5) is 27.4. The highest BCUT2D eigenvalue weighted by Crippen LogP contribution is 2.53. The van der Waals surface area contributed by atoms with Crippen LogP contribution in [-0.2, 0) is 19.1 Å². The number of amides is 1. The Kier molecular flexibility index (Phi) is 4.03. The Balaban J connectivity index is 1.60. The predicted octanol–water partition coefficient (Wildman–Crippen LogP) is 2.10. The minimum atomic E-state index is -0.708. The molecule has 26 heavy (non-hydrogen) atoms. The smallest absolute Gasteiger partial charge is 0.312 e. The fourth-order valence-corrected chi connectivity index (χ4v) is 4.43. The van der Waals surface area contributed by atoms with Crippen LogP contribution in [0, 0.1) is 11.8 Å². The van der Waals surface area contributed by atoms with Gasteiger partial charge in [0.25, 0.3) is 0 Å². The zero-order valence-corrected chi connectivity index (χ0v) is 15.2. The van der Waals surface area contributed by atoms with Gasteiger partial charge in [0.05, 0.1) is 38.3 Å². The molecule has 0 N–H and O–H groups in total. The monoisotopic (exact) mass is 357 g/mol. The minimum Gasteiger partial charge on any atom is -0.497 e. The molecule has 3 heterocycles. The normalized spacial score (nSPS) is 32.7. The maximum Gasteiger partial charge on any atom is 0.312 e. The van der Waals surface area contributed by atoms with E-state index in [2.05, 4.69) is 0 Å². The lowest BCUT2D eigenvalue weighted by Gasteiger charge is -2.27. The van der Waals surface area contributed by atoms with E-state index in [1.54, 1.807) is 14.0 Å². The van der Waals surface area contributed by atoms with Crippen molar-refractivity contribution in [3.05, 3.63) is 42.0 Å². The second-order valence-corrected chi connectivity index (χ2v) is 7.07. The molecule has 3 aliphatic heterocycles. The van der Waals surface area contributed by atoms with Gasteiger partial charge < -0.3 is 19.1 Å². The number of hydrogen-bond acceptors (Lipinski definition) is 5. The Morgan fingerprint density at radius 1 is 1.38 bits per heavy atom. The first-order valence-corrected chi connectivity index (χ1v) is 8.99. The number of ether oxygens (including phenoxy) is 3. The van der Waals surface area contributed by atoms with Crippen LogP contribution in [0.5, 0.6) is 5.75 Å². The number of benzene rings is 1. The quantitative estimate of drug-likeness (QED) is 0.596. The van der Waals surface area contributed by atoms with Gasteiger partial charge >= 0.3 is 5.97 Å². The Morgan fingerprint density at radius 3 is 2.77 bits per heavy atom. The van der Waals surface area contributed by atoms with Crippen LogP contribution in [0.3, 0.4) is 0 Å². The van der Waals surface area contributed by atoms with Crippen LogP contribution in [0.1, 0.15) is 25.5 Å². The van der Waals surface area contributed by atoms with Gasteiger partial charge in [-0.2, -0.15) is 0 Å². The molecule has 0 unspecified atom stereocenters. The topological polar surface area (TPSA) is 65.1 Å². The van der Waals surface area contributed by atoms with E-state index in [1.165, 1.54) is 0 Å². The highest BCUT2D eigenvalue weighted by atomic mass is 16.6. The zero-order chi connectivity index (χ0) is 18.5. The van der Waals surface area contributed by atoms with E-state index in [-0.39, 0.29) is 24.0 Å². The fourth-order valence-electron chi connectivity index (χ4n) is 4.43. The number of rotatable bonds is 5. The Hall–Kier alpha value is -2.34. The van der Waals surface area contributed by atoms with Gasteiger partial charge in [-0.3, -0.25) is 9.59 Å². The number of fused-ring (bicyclic) bond motifs is 1. The molecule has 138 valence electrons. The van der Waals surface area contributed by atoms with Crippen LogP contribution in [-0.4, -0.2) is 48.7 Å². The Bertz CT molecular complexity index is 758. The van der Waals surface area contributed by atoms with E-state index in [9.17, 15) is 9.59 Å². The molecule has 1 aromatic carbocycles. The summed E-state index contributed by atoms with van der Waals surface area (Å²) in [6, 6.07) is 7.57. The molecule has 1 amide bonds. The number of likely N-dealkylation sites (tertiary alicyclic amines) is 1. The van der Waals surface area contributed by atoms with Crippen molar-refractivity contribution < 1.29 is 23.8 Å². The first-order valence-electron chi connectivity index (χ1n) is 8.99. The van der Waals surface area contributed by atoms with E-state index in [0.717, 1.165) is 11.3 Å². The zero-order valence-electron chi connectivity index (χ0n) is 15.2. The number of carbonyl (C=O) groups excluding carboxylic acids is 2. The molecule has 1 aromatic rings. The second-order valence-electron chi connectivity index (χ2n) is 7.07. The lowest BCUT2D eigenvalue weighted by Crippen LogP contribution is -2.40. The van der Waals surface area contributed by atoms with Crippen LogP contribution in [0.15, 0.2) is 36.4 Å². The molecule has 2 bridgehead atoms. The van der Waals surface area contributed by atoms with Crippen molar-refractivity contribution in [3.63, 3.8) is 0 Å². The molecule has 0 radical (unpaired) electrons. The molecule has 2 saturated heterocycles. The second kappa shape index (κ2) is 6.13. The fraction of sp³-hybridized carbons (Fsp3) is 0.500. The van der Waals surface area contributed by atoms with E-state index in [1.807, 2.05) is 48.2 Å². The molecular formula is C20H23NO5. The lowest BCUT2D eigenvalue weighted by molar-refractivity contribution is -0.153. The minimum absolute atomic E-state index is 0.0433. The van der Waals surface area contributed by atoms with E-state index in [4.69, 9.17) is 14.2 Å². The van der Waals surface area contributed by atoms with Gasteiger partial charge in [0.1, 0.15) is 17.3 Å². The molecule has 0 aliphatic carbocycles. The van der Waals surface area contributed by atoms with E-state index >= 15 is 0 Å². The summed E-state index contributed by atoms with van der Waals surface area (Å²) in [5, 5.41) is 0. The maximum absolute atomic E-state index is 13.2. The van der Waals surface area contributed by atoms with Crippen molar-refractivity contribution in [2.75, 3.05) is 20.3 Å². The summed E-state index contributed by atoms with van der Waals surface area (Å²) in [5.74, 6) is -0.673. The van der Waals surface area contributed by atoms with E-state index in [0.29, 0.717) is 13.2 Å². The summed E-state index contributed by atoms with van der Waals surface area (Å²) in [6.07, 6.45) is 3.49. The molecular weight excluding hydrogens is 334 g/mol. The first kappa shape index (κ1) is 17.1. The van der Waals surface area contributed by atoms with Crippen LogP contribution < -0.4 is 4.74 Å². The van der Waals surface area contributed by atoms with Crippen molar-refractivity contribution in [1.82, 2.24) is 4.90 Å². The van der Waals surface area contributed by atoms with Gasteiger partial charge in [0.15, 0.2) is 0 Å². The van der Waals surface area contributed by atoms with Crippen molar-refractivity contribution in [2.45, 2.75) is 31.6 Å². The number of hydrogen-bond donors (Lipinski definition) is 0. The average Bonchev–Trinajstić information content (AvgIpc) is 3.29. The van der Waals surface area contributed by atoms with Gasteiger partial charge in [0.2, 0.25) is 5.91 Å². The van der Waals surface area contributed by atoms with Crippen molar-refractivity contribution >= 4 is 11.9 Å². The molecule has 0 saturated carbocycles. The van der Waals surface area contributed by atoms with Gasteiger partial charge in [-0.1, -0.05) is 24.3 Å². The highest BCUT2D eigenvalue weighted by Gasteiger charge is 2.67. The van der Waals surface area contributed by atoms with Crippen molar-refractivity contribution in [3.8, 4) is 5.75 Å². The summed E-state index contributed by atoms with van der Waals surface area (Å²) in [7, 11) is 1.62. The summed E-state index contributed by atoms with van der Waals surface area (Å²) >= 11 is 0. The predicted molar refractivity (Wildman–Crippen MR) is 93.5 cm³/mol. The molecule has 2 fully saturated rings. The molecule has 5 atom stereocenters. The van der Waals surface area contributed by atoms with Crippen molar-refractivity contribution in [1.29, 1.82) is 0 Å². The number of nitrogens with zero attached hydrogens (tertiary/aromatic N) is 1. The standard InChI is InChI=1S/C20H23NO5/c1-4-25-19(23)16-15-9-10-20(26-15)11-21(18(22)17(16)20)12(2)13-5-7-14(24-3)8-6-13/h5-10,12,15-17H,4,11H2,1-3H3/t12-,15-,16-,17+,20+/m1/s1. The molecule has 3 aliphatic rings. The summed E-state index contributed by atoms with van der Waals surface area (Å²) in [6.45, 7) is 4.51.